The third-order valence-corrected chi connectivity index (χ3v) is 2.80. The number of thioether (sulfide) groups is 1. The van der Waals surface area contributed by atoms with Crippen molar-refractivity contribution in [3.63, 3.8) is 0 Å². The van der Waals surface area contributed by atoms with E-state index in [1.807, 2.05) is 6.26 Å². The molecule has 0 aromatic heterocycles. The van der Waals surface area contributed by atoms with Crippen LogP contribution in [0.3, 0.4) is 0 Å². The number of ether oxygens (including phenoxy) is 1. The molecule has 0 radical (unpaired) electrons. The summed E-state index contributed by atoms with van der Waals surface area (Å²) in [5, 5.41) is 0. The minimum atomic E-state index is -0.518. The van der Waals surface area contributed by atoms with Gasteiger partial charge in [-0.25, -0.2) is 0 Å². The van der Waals surface area contributed by atoms with Crippen molar-refractivity contribution in [3.8, 4) is 0 Å². The van der Waals surface area contributed by atoms with E-state index < -0.39 is 5.97 Å². The summed E-state index contributed by atoms with van der Waals surface area (Å²) in [6.45, 7) is 9.25. The molecule has 14 heavy (non-hydrogen) atoms. The Bertz CT molecular complexity index is 287. The van der Waals surface area contributed by atoms with Crippen molar-refractivity contribution in [2.75, 3.05) is 12.9 Å². The summed E-state index contributed by atoms with van der Waals surface area (Å²) in [4.78, 5) is 15.3. The zero-order valence-corrected chi connectivity index (χ0v) is 10.6. The Balaban J connectivity index is 4.46. The van der Waals surface area contributed by atoms with Crippen LogP contribution in [0, 0.1) is 6.58 Å². The standard InChI is InChI=1S/C9H12NO2S.V/c1-5-12-9(11)7(2)8(3)10-6-13-4;/h2H,5H2,1,3-4H3;/q-1;. The molecule has 0 rings (SSSR count). The van der Waals surface area contributed by atoms with Gasteiger partial charge in [0.1, 0.15) is 0 Å². The van der Waals surface area contributed by atoms with Crippen LogP contribution in [0.2, 0.25) is 0 Å². The average molecular weight is 249 g/mol. The van der Waals surface area contributed by atoms with E-state index >= 15 is 0 Å². The third kappa shape index (κ3) is 4.79. The molecule has 0 unspecified atom stereocenters. The molecule has 0 bridgehead atoms. The SMILES string of the molecule is [CH-]=C(C(=O)OCC)/C(C)=N\[C](=[V])SC. The monoisotopic (exact) mass is 249 g/mol. The quantitative estimate of drug-likeness (QED) is 0.320. The summed E-state index contributed by atoms with van der Waals surface area (Å²) in [6, 6.07) is 0. The van der Waals surface area contributed by atoms with Crippen LogP contribution in [0.1, 0.15) is 13.8 Å². The Kier molecular flexibility index (Phi) is 6.88. The fourth-order valence-electron chi connectivity index (χ4n) is 0.606. The van der Waals surface area contributed by atoms with Gasteiger partial charge in [-0.1, -0.05) is 0 Å². The van der Waals surface area contributed by atoms with Crippen molar-refractivity contribution in [2.24, 2.45) is 4.99 Å². The molecule has 77 valence electrons. The molecule has 0 saturated carbocycles. The van der Waals surface area contributed by atoms with E-state index in [9.17, 15) is 4.79 Å². The van der Waals surface area contributed by atoms with E-state index in [1.165, 1.54) is 11.8 Å². The van der Waals surface area contributed by atoms with Gasteiger partial charge in [0.2, 0.25) is 0 Å². The molecule has 0 saturated heterocycles. The van der Waals surface area contributed by atoms with E-state index in [-0.39, 0.29) is 5.57 Å². The number of rotatable bonds is 5. The normalized spacial score (nSPS) is 10.9. The number of carbonyl (C=O) groups is 1. The second kappa shape index (κ2) is 7.04. The van der Waals surface area contributed by atoms with E-state index in [0.717, 1.165) is 3.68 Å². The Hall–Kier alpha value is -0.316. The molecule has 0 aliphatic carbocycles. The molecule has 0 amide bonds. The van der Waals surface area contributed by atoms with Crippen LogP contribution in [-0.4, -0.2) is 28.2 Å². The van der Waals surface area contributed by atoms with Crippen LogP contribution in [0.15, 0.2) is 10.6 Å². The first-order valence-electron chi connectivity index (χ1n) is 3.98. The predicted octanol–water partition coefficient (Wildman–Crippen LogP) is 1.37. The predicted molar refractivity (Wildman–Crippen MR) is 56.1 cm³/mol. The van der Waals surface area contributed by atoms with Gasteiger partial charge in [-0.3, -0.25) is 0 Å². The Morgan fingerprint density at radius 2 is 2.21 bits per heavy atom. The first kappa shape index (κ1) is 13.7. The summed E-state index contributed by atoms with van der Waals surface area (Å²) in [5.74, 6) is -0.518. The van der Waals surface area contributed by atoms with Crippen molar-refractivity contribution < 1.29 is 26.5 Å². The zero-order chi connectivity index (χ0) is 11.1. The summed E-state index contributed by atoms with van der Waals surface area (Å²) < 4.78 is 5.53. The van der Waals surface area contributed by atoms with Crippen LogP contribution in [0.4, 0.5) is 0 Å². The fourth-order valence-corrected chi connectivity index (χ4v) is 1.07. The number of hydrogen-bond acceptors (Lipinski definition) is 4. The summed E-state index contributed by atoms with van der Waals surface area (Å²) in [6.07, 6.45) is 1.89. The van der Waals surface area contributed by atoms with E-state index in [2.05, 4.69) is 22.0 Å². The molecule has 5 heteroatoms. The third-order valence-electron chi connectivity index (χ3n) is 1.33. The molecule has 0 heterocycles. The average Bonchev–Trinajstić information content (AvgIpc) is 2.16. The number of nitrogens with zero attached hydrogens (tertiary/aromatic N) is 1. The number of hydrogen-bond donors (Lipinski definition) is 0. The van der Waals surface area contributed by atoms with Gasteiger partial charge in [0.05, 0.1) is 0 Å². The van der Waals surface area contributed by atoms with Crippen LogP contribution in [-0.2, 0) is 26.5 Å². The first-order valence-corrected chi connectivity index (χ1v) is 5.90. The molecule has 0 atom stereocenters. The van der Waals surface area contributed by atoms with Crippen LogP contribution in [0.25, 0.3) is 0 Å². The van der Waals surface area contributed by atoms with Gasteiger partial charge < -0.3 is 0 Å². The van der Waals surface area contributed by atoms with Crippen molar-refractivity contribution in [1.29, 1.82) is 0 Å². The van der Waals surface area contributed by atoms with Crippen LogP contribution in [0.5, 0.6) is 0 Å². The van der Waals surface area contributed by atoms with Gasteiger partial charge in [-0.15, -0.1) is 0 Å². The van der Waals surface area contributed by atoms with Crippen molar-refractivity contribution >= 4 is 27.1 Å². The minimum absolute atomic E-state index is 0.0597. The molecule has 0 aromatic carbocycles. The molecule has 0 aliphatic rings. The van der Waals surface area contributed by atoms with Crippen molar-refractivity contribution in [2.45, 2.75) is 13.8 Å². The van der Waals surface area contributed by atoms with Gasteiger partial charge in [-0.05, 0) is 0 Å². The first-order chi connectivity index (χ1) is 6.52. The fraction of sp³-hybridized carbons (Fsp3) is 0.444. The summed E-state index contributed by atoms with van der Waals surface area (Å²) in [5.41, 5.74) is 0.540. The maximum absolute atomic E-state index is 11.2. The van der Waals surface area contributed by atoms with E-state index in [1.54, 1.807) is 13.8 Å². The van der Waals surface area contributed by atoms with Gasteiger partial charge in [-0.2, -0.15) is 0 Å². The molecule has 0 spiro atoms. The van der Waals surface area contributed by atoms with Gasteiger partial charge in [0.15, 0.2) is 0 Å². The second-order valence-corrected chi connectivity index (χ2v) is 4.26. The molecular weight excluding hydrogens is 237 g/mol. The van der Waals surface area contributed by atoms with Gasteiger partial charge >= 0.3 is 97.5 Å². The topological polar surface area (TPSA) is 38.7 Å². The van der Waals surface area contributed by atoms with Crippen LogP contribution >= 0.6 is 11.8 Å². The van der Waals surface area contributed by atoms with E-state index in [4.69, 9.17) is 11.3 Å². The molecule has 0 fully saturated rings. The summed E-state index contributed by atoms with van der Waals surface area (Å²) in [7, 11) is 0. The maximum atomic E-state index is 11.2. The van der Waals surface area contributed by atoms with Crippen molar-refractivity contribution in [1.82, 2.24) is 0 Å². The molecule has 0 N–H and O–H groups in total. The Morgan fingerprint density at radius 3 is 2.64 bits per heavy atom. The summed E-state index contributed by atoms with van der Waals surface area (Å²) >= 11 is 3.78. The number of carbonyl (C=O) groups excluding carboxylic acids is 1. The Morgan fingerprint density at radius 1 is 1.64 bits per heavy atom. The molecule has 0 aliphatic heterocycles. The molecular formula is C9H12NO2SV-. The number of aliphatic imine (C=N–C) groups is 1. The zero-order valence-electron chi connectivity index (χ0n) is 8.40. The molecule has 3 nitrogen and oxygen atoms in total. The van der Waals surface area contributed by atoms with Crippen molar-refractivity contribution in [3.05, 3.63) is 12.2 Å². The van der Waals surface area contributed by atoms with Crippen LogP contribution < -0.4 is 0 Å². The molecule has 0 aromatic rings. The van der Waals surface area contributed by atoms with E-state index in [0.29, 0.717) is 12.3 Å². The second-order valence-electron chi connectivity index (χ2n) is 2.32. The number of esters is 1. The van der Waals surface area contributed by atoms with Gasteiger partial charge in [0, 0.05) is 0 Å². The Labute approximate surface area is 97.5 Å². The van der Waals surface area contributed by atoms with Gasteiger partial charge in [0.25, 0.3) is 0 Å².